The van der Waals surface area contributed by atoms with Gasteiger partial charge in [-0.1, -0.05) is 6.42 Å². The summed E-state index contributed by atoms with van der Waals surface area (Å²) in [7, 11) is 1.77. The highest BCUT2D eigenvalue weighted by molar-refractivity contribution is 6.09. The summed E-state index contributed by atoms with van der Waals surface area (Å²) in [6, 6.07) is 0. The van der Waals surface area contributed by atoms with Crippen molar-refractivity contribution in [3.63, 3.8) is 0 Å². The Morgan fingerprint density at radius 3 is 2.81 bits per heavy atom. The van der Waals surface area contributed by atoms with E-state index in [1.807, 2.05) is 0 Å². The number of aromatic nitrogens is 2. The Hall–Kier alpha value is -2.37. The van der Waals surface area contributed by atoms with Gasteiger partial charge in [0, 0.05) is 25.6 Å². The number of carbonyl (C=O) groups is 2. The zero-order valence-corrected chi connectivity index (χ0v) is 15.5. The molecule has 0 bridgehead atoms. The summed E-state index contributed by atoms with van der Waals surface area (Å²) in [6.45, 7) is 2.21. The topological polar surface area (TPSA) is 79.2 Å². The molecule has 26 heavy (non-hydrogen) atoms. The highest BCUT2D eigenvalue weighted by Crippen LogP contribution is 2.31. The van der Waals surface area contributed by atoms with Crippen molar-refractivity contribution in [2.75, 3.05) is 7.05 Å². The number of nitrogens with one attached hydrogen (secondary N) is 1. The second kappa shape index (κ2) is 6.74. The van der Waals surface area contributed by atoms with Crippen molar-refractivity contribution in [3.05, 3.63) is 39.6 Å². The van der Waals surface area contributed by atoms with Gasteiger partial charge in [0.25, 0.3) is 5.91 Å². The SMILES string of the molecule is Cc1oc2c(c1C(=O)N(C)Cc1n[nH]c3c1CCCCC3)C(=O)CCC2. The Labute approximate surface area is 152 Å². The average Bonchev–Trinajstić information content (AvgIpc) is 3.05. The third-order valence-electron chi connectivity index (χ3n) is 5.58. The zero-order valence-electron chi connectivity index (χ0n) is 15.5. The van der Waals surface area contributed by atoms with Crippen LogP contribution in [0.5, 0.6) is 0 Å². The Morgan fingerprint density at radius 2 is 1.96 bits per heavy atom. The zero-order chi connectivity index (χ0) is 18.3. The number of carbonyl (C=O) groups excluding carboxylic acids is 2. The molecule has 0 saturated carbocycles. The van der Waals surface area contributed by atoms with Crippen LogP contribution in [0.25, 0.3) is 0 Å². The lowest BCUT2D eigenvalue weighted by molar-refractivity contribution is 0.0775. The van der Waals surface area contributed by atoms with Crippen molar-refractivity contribution < 1.29 is 14.0 Å². The predicted octanol–water partition coefficient (Wildman–Crippen LogP) is 3.37. The number of aromatic amines is 1. The maximum atomic E-state index is 13.1. The summed E-state index contributed by atoms with van der Waals surface area (Å²) < 4.78 is 5.73. The second-order valence-electron chi connectivity index (χ2n) is 7.46. The number of nitrogens with zero attached hydrogens (tertiary/aromatic N) is 2. The number of furan rings is 1. The summed E-state index contributed by atoms with van der Waals surface area (Å²) in [5.41, 5.74) is 4.37. The van der Waals surface area contributed by atoms with Crippen molar-refractivity contribution in [1.82, 2.24) is 15.1 Å². The molecule has 0 fully saturated rings. The van der Waals surface area contributed by atoms with E-state index in [9.17, 15) is 9.59 Å². The lowest BCUT2D eigenvalue weighted by Crippen LogP contribution is -2.29. The quantitative estimate of drug-likeness (QED) is 0.856. The molecular weight excluding hydrogens is 330 g/mol. The van der Waals surface area contributed by atoms with Crippen molar-refractivity contribution in [1.29, 1.82) is 0 Å². The fourth-order valence-electron chi connectivity index (χ4n) is 4.21. The molecule has 1 N–H and O–H groups in total. The van der Waals surface area contributed by atoms with Gasteiger partial charge in [0.1, 0.15) is 11.5 Å². The molecule has 0 aliphatic heterocycles. The molecule has 0 atom stereocenters. The van der Waals surface area contributed by atoms with Gasteiger partial charge in [-0.25, -0.2) is 0 Å². The standard InChI is InChI=1S/C20H25N3O3/c1-12-18(19-16(24)9-6-10-17(19)26-12)20(25)23(2)11-15-13-7-4-3-5-8-14(13)21-22-15/h3-11H2,1-2H3,(H,21,22). The first-order valence-corrected chi connectivity index (χ1v) is 9.52. The van der Waals surface area contributed by atoms with Crippen LogP contribution in [0.15, 0.2) is 4.42 Å². The maximum absolute atomic E-state index is 13.1. The molecule has 138 valence electrons. The van der Waals surface area contributed by atoms with Gasteiger partial charge in [0.15, 0.2) is 5.78 Å². The van der Waals surface area contributed by atoms with E-state index in [0.29, 0.717) is 35.6 Å². The van der Waals surface area contributed by atoms with Crippen LogP contribution in [0, 0.1) is 6.92 Å². The Morgan fingerprint density at radius 1 is 1.15 bits per heavy atom. The third kappa shape index (κ3) is 2.87. The van der Waals surface area contributed by atoms with Crippen LogP contribution in [0.3, 0.4) is 0 Å². The molecule has 1 amide bonds. The molecule has 0 radical (unpaired) electrons. The molecule has 2 aromatic rings. The summed E-state index contributed by atoms with van der Waals surface area (Å²) in [4.78, 5) is 27.1. The molecule has 0 aromatic carbocycles. The van der Waals surface area contributed by atoms with E-state index in [0.717, 1.165) is 31.4 Å². The molecule has 0 saturated heterocycles. The molecule has 4 rings (SSSR count). The van der Waals surface area contributed by atoms with E-state index in [-0.39, 0.29) is 11.7 Å². The van der Waals surface area contributed by atoms with Gasteiger partial charge in [-0.05, 0) is 44.6 Å². The van der Waals surface area contributed by atoms with Gasteiger partial charge in [-0.15, -0.1) is 0 Å². The van der Waals surface area contributed by atoms with Gasteiger partial charge in [0.05, 0.1) is 23.4 Å². The van der Waals surface area contributed by atoms with Crippen LogP contribution in [0.4, 0.5) is 0 Å². The normalized spacial score (nSPS) is 16.8. The Kier molecular flexibility index (Phi) is 4.42. The molecule has 6 nitrogen and oxygen atoms in total. The monoisotopic (exact) mass is 355 g/mol. The second-order valence-corrected chi connectivity index (χ2v) is 7.46. The molecule has 2 aliphatic carbocycles. The summed E-state index contributed by atoms with van der Waals surface area (Å²) in [5.74, 6) is 1.08. The molecule has 2 aliphatic rings. The van der Waals surface area contributed by atoms with E-state index in [1.54, 1.807) is 18.9 Å². The number of hydrogen-bond donors (Lipinski definition) is 1. The average molecular weight is 355 g/mol. The minimum Gasteiger partial charge on any atom is -0.465 e. The number of fused-ring (bicyclic) bond motifs is 2. The number of ketones is 1. The van der Waals surface area contributed by atoms with Crippen molar-refractivity contribution in [3.8, 4) is 0 Å². The predicted molar refractivity (Wildman–Crippen MR) is 96.4 cm³/mol. The van der Waals surface area contributed by atoms with E-state index < -0.39 is 0 Å². The lowest BCUT2D eigenvalue weighted by atomic mass is 9.93. The molecule has 6 heteroatoms. The van der Waals surface area contributed by atoms with Gasteiger partial charge in [-0.2, -0.15) is 5.10 Å². The molecule has 0 unspecified atom stereocenters. The van der Waals surface area contributed by atoms with E-state index >= 15 is 0 Å². The van der Waals surface area contributed by atoms with Crippen LogP contribution < -0.4 is 0 Å². The third-order valence-corrected chi connectivity index (χ3v) is 5.58. The van der Waals surface area contributed by atoms with Gasteiger partial charge in [-0.3, -0.25) is 14.7 Å². The maximum Gasteiger partial charge on any atom is 0.258 e. The van der Waals surface area contributed by atoms with Crippen LogP contribution in [-0.4, -0.2) is 33.8 Å². The number of Topliss-reactive ketones (excluding diaryl/α,β-unsaturated/α-hetero) is 1. The van der Waals surface area contributed by atoms with E-state index in [1.165, 1.54) is 30.5 Å². The molecule has 0 spiro atoms. The van der Waals surface area contributed by atoms with Crippen LogP contribution in [0.1, 0.15) is 81.3 Å². The number of rotatable bonds is 3. The van der Waals surface area contributed by atoms with Crippen molar-refractivity contribution in [2.45, 2.75) is 64.8 Å². The summed E-state index contributed by atoms with van der Waals surface area (Å²) in [6.07, 6.45) is 7.64. The molecular formula is C20H25N3O3. The Bertz CT molecular complexity index is 862. The molecule has 2 aromatic heterocycles. The van der Waals surface area contributed by atoms with Gasteiger partial charge < -0.3 is 9.32 Å². The minimum atomic E-state index is -0.159. The minimum absolute atomic E-state index is 0.0217. The van der Waals surface area contributed by atoms with E-state index in [2.05, 4.69) is 10.2 Å². The summed E-state index contributed by atoms with van der Waals surface area (Å²) >= 11 is 0. The first-order valence-electron chi connectivity index (χ1n) is 9.52. The lowest BCUT2D eigenvalue weighted by Gasteiger charge is -2.18. The molecule has 2 heterocycles. The Balaban J connectivity index is 1.59. The largest absolute Gasteiger partial charge is 0.465 e. The van der Waals surface area contributed by atoms with Crippen molar-refractivity contribution in [2.24, 2.45) is 0 Å². The number of H-pyrrole nitrogens is 1. The van der Waals surface area contributed by atoms with Crippen molar-refractivity contribution >= 4 is 11.7 Å². The van der Waals surface area contributed by atoms with Crippen LogP contribution in [0.2, 0.25) is 0 Å². The van der Waals surface area contributed by atoms with Gasteiger partial charge >= 0.3 is 0 Å². The number of amides is 1. The highest BCUT2D eigenvalue weighted by Gasteiger charge is 2.32. The number of hydrogen-bond acceptors (Lipinski definition) is 4. The fourth-order valence-corrected chi connectivity index (χ4v) is 4.21. The first kappa shape index (κ1) is 17.1. The van der Waals surface area contributed by atoms with Crippen LogP contribution >= 0.6 is 0 Å². The number of aryl methyl sites for hydroxylation is 3. The summed E-state index contributed by atoms with van der Waals surface area (Å²) in [5, 5.41) is 7.61. The first-order chi connectivity index (χ1) is 12.6. The van der Waals surface area contributed by atoms with E-state index in [4.69, 9.17) is 4.42 Å². The van der Waals surface area contributed by atoms with Crippen LogP contribution in [-0.2, 0) is 25.8 Å². The smallest absolute Gasteiger partial charge is 0.258 e. The van der Waals surface area contributed by atoms with Gasteiger partial charge in [0.2, 0.25) is 0 Å². The fraction of sp³-hybridized carbons (Fsp3) is 0.550. The highest BCUT2D eigenvalue weighted by atomic mass is 16.3.